The molecule has 26 heavy (non-hydrogen) atoms. The largest absolute Gasteiger partial charge is 0.478 e. The number of nitrogens with zero attached hydrogens (tertiary/aromatic N) is 3. The minimum atomic E-state index is -1.02. The van der Waals surface area contributed by atoms with Crippen molar-refractivity contribution in [2.24, 2.45) is 0 Å². The van der Waals surface area contributed by atoms with Crippen LogP contribution >= 0.6 is 0 Å². The van der Waals surface area contributed by atoms with Gasteiger partial charge in [-0.1, -0.05) is 25.5 Å². The maximum atomic E-state index is 11.4. The van der Waals surface area contributed by atoms with Crippen LogP contribution < -0.4 is 5.32 Å². The predicted molar refractivity (Wildman–Crippen MR) is 99.9 cm³/mol. The second kappa shape index (κ2) is 7.28. The molecule has 2 heterocycles. The zero-order valence-corrected chi connectivity index (χ0v) is 14.8. The number of aromatic nitrogens is 2. The van der Waals surface area contributed by atoms with Gasteiger partial charge in [-0.15, -0.1) is 0 Å². The molecule has 0 bridgehead atoms. The number of aromatic carboxylic acids is 1. The first-order valence-corrected chi connectivity index (χ1v) is 8.55. The third-order valence-corrected chi connectivity index (χ3v) is 4.45. The molecule has 0 spiro atoms. The monoisotopic (exact) mass is 348 g/mol. The lowest BCUT2D eigenvalue weighted by Crippen LogP contribution is -2.01. The third kappa shape index (κ3) is 3.24. The fourth-order valence-corrected chi connectivity index (χ4v) is 3.00. The summed E-state index contributed by atoms with van der Waals surface area (Å²) in [4.78, 5) is 11.4. The standard InChI is InChI=1S/C20H20N4O2/c1-3-4-5-14-6-8-16(9-7-14)23-18-15(10-21)11-22-24-12-17(20(25)26)13(2)19(18)24/h6-9,11-12,23H,3-5H2,1-2H3,(H,25,26). The Morgan fingerprint density at radius 3 is 2.69 bits per heavy atom. The Hall–Kier alpha value is -3.33. The van der Waals surface area contributed by atoms with Crippen LogP contribution in [0.15, 0.2) is 36.7 Å². The van der Waals surface area contributed by atoms with Gasteiger partial charge in [0.15, 0.2) is 0 Å². The number of carboxylic acid groups (broad SMARTS) is 1. The summed E-state index contributed by atoms with van der Waals surface area (Å²) < 4.78 is 1.50. The SMILES string of the molecule is CCCCc1ccc(Nc2c(C#N)cnn3cc(C(=O)O)c(C)c23)cc1. The summed E-state index contributed by atoms with van der Waals surface area (Å²) in [6, 6.07) is 10.2. The van der Waals surface area contributed by atoms with Crippen LogP contribution in [-0.2, 0) is 6.42 Å². The Bertz CT molecular complexity index is 997. The molecule has 0 saturated carbocycles. The number of fused-ring (bicyclic) bond motifs is 1. The molecule has 6 heteroatoms. The topological polar surface area (TPSA) is 90.4 Å². The average molecular weight is 348 g/mol. The Kier molecular flexibility index (Phi) is 4.90. The molecule has 2 N–H and O–H groups in total. The van der Waals surface area contributed by atoms with E-state index in [1.54, 1.807) is 6.92 Å². The van der Waals surface area contributed by atoms with Gasteiger partial charge in [0.2, 0.25) is 0 Å². The predicted octanol–water partition coefficient (Wildman–Crippen LogP) is 4.30. The van der Waals surface area contributed by atoms with Crippen molar-refractivity contribution in [3.05, 3.63) is 58.9 Å². The van der Waals surface area contributed by atoms with E-state index in [-0.39, 0.29) is 5.56 Å². The number of carbonyl (C=O) groups is 1. The summed E-state index contributed by atoms with van der Waals surface area (Å²) in [6.07, 6.45) is 6.25. The van der Waals surface area contributed by atoms with E-state index in [0.717, 1.165) is 24.9 Å². The lowest BCUT2D eigenvalue weighted by atomic mass is 10.1. The fourth-order valence-electron chi connectivity index (χ4n) is 3.00. The Labute approximate surface area is 151 Å². The van der Waals surface area contributed by atoms with E-state index in [1.165, 1.54) is 22.5 Å². The lowest BCUT2D eigenvalue weighted by Gasteiger charge is -2.11. The van der Waals surface area contributed by atoms with Crippen LogP contribution in [0.5, 0.6) is 0 Å². The molecule has 0 radical (unpaired) electrons. The molecule has 3 rings (SSSR count). The van der Waals surface area contributed by atoms with Gasteiger partial charge < -0.3 is 10.4 Å². The van der Waals surface area contributed by atoms with Crippen molar-refractivity contribution in [2.75, 3.05) is 5.32 Å². The van der Waals surface area contributed by atoms with Crippen LogP contribution in [0.3, 0.4) is 0 Å². The van der Waals surface area contributed by atoms with Crippen LogP contribution in [0.2, 0.25) is 0 Å². The van der Waals surface area contributed by atoms with Crippen molar-refractivity contribution in [1.29, 1.82) is 5.26 Å². The number of nitrogens with one attached hydrogen (secondary N) is 1. The van der Waals surface area contributed by atoms with E-state index in [9.17, 15) is 15.2 Å². The molecule has 0 atom stereocenters. The van der Waals surface area contributed by atoms with E-state index < -0.39 is 5.97 Å². The maximum absolute atomic E-state index is 11.4. The maximum Gasteiger partial charge on any atom is 0.337 e. The number of carboxylic acids is 1. The lowest BCUT2D eigenvalue weighted by molar-refractivity contribution is 0.0696. The first-order valence-electron chi connectivity index (χ1n) is 8.55. The van der Waals surface area contributed by atoms with Crippen LogP contribution in [0, 0.1) is 18.3 Å². The van der Waals surface area contributed by atoms with Crippen LogP contribution in [0.25, 0.3) is 5.52 Å². The summed E-state index contributed by atoms with van der Waals surface area (Å²) in [5.74, 6) is -1.02. The van der Waals surface area contributed by atoms with Gasteiger partial charge in [-0.25, -0.2) is 9.31 Å². The molecule has 0 saturated heterocycles. The minimum absolute atomic E-state index is 0.172. The van der Waals surface area contributed by atoms with Crippen LogP contribution in [0.1, 0.15) is 46.8 Å². The van der Waals surface area contributed by atoms with Crippen molar-refractivity contribution in [1.82, 2.24) is 9.61 Å². The second-order valence-electron chi connectivity index (χ2n) is 6.24. The summed E-state index contributed by atoms with van der Waals surface area (Å²) in [6.45, 7) is 3.89. The number of aryl methyl sites for hydroxylation is 2. The number of unbranched alkanes of at least 4 members (excludes halogenated alkanes) is 1. The second-order valence-corrected chi connectivity index (χ2v) is 6.24. The quantitative estimate of drug-likeness (QED) is 0.693. The average Bonchev–Trinajstić information content (AvgIpc) is 2.99. The molecule has 0 aliphatic heterocycles. The molecule has 1 aromatic carbocycles. The molecule has 0 unspecified atom stereocenters. The highest BCUT2D eigenvalue weighted by molar-refractivity contribution is 5.96. The van der Waals surface area contributed by atoms with Crippen molar-refractivity contribution in [2.45, 2.75) is 33.1 Å². The summed E-state index contributed by atoms with van der Waals surface area (Å²) in [5, 5.41) is 26.2. The molecule has 3 aromatic rings. The minimum Gasteiger partial charge on any atom is -0.478 e. The zero-order valence-electron chi connectivity index (χ0n) is 14.8. The van der Waals surface area contributed by atoms with Gasteiger partial charge in [0.05, 0.1) is 28.5 Å². The van der Waals surface area contributed by atoms with Gasteiger partial charge in [-0.3, -0.25) is 0 Å². The highest BCUT2D eigenvalue weighted by atomic mass is 16.4. The first-order chi connectivity index (χ1) is 12.5. The van der Waals surface area contributed by atoms with Gasteiger partial charge in [-0.2, -0.15) is 10.4 Å². The molecule has 0 aliphatic carbocycles. The van der Waals surface area contributed by atoms with E-state index >= 15 is 0 Å². The van der Waals surface area contributed by atoms with E-state index in [0.29, 0.717) is 22.3 Å². The first kappa shape index (κ1) is 17.5. The number of rotatable bonds is 6. The highest BCUT2D eigenvalue weighted by Crippen LogP contribution is 2.30. The van der Waals surface area contributed by atoms with Gasteiger partial charge in [-0.05, 0) is 43.0 Å². The van der Waals surface area contributed by atoms with Gasteiger partial charge >= 0.3 is 5.97 Å². The summed E-state index contributed by atoms with van der Waals surface area (Å²) in [7, 11) is 0. The van der Waals surface area contributed by atoms with Crippen molar-refractivity contribution in [3.8, 4) is 6.07 Å². The van der Waals surface area contributed by atoms with E-state index in [2.05, 4.69) is 35.5 Å². The van der Waals surface area contributed by atoms with Crippen molar-refractivity contribution < 1.29 is 9.90 Å². The van der Waals surface area contributed by atoms with Gasteiger partial charge in [0.25, 0.3) is 0 Å². The van der Waals surface area contributed by atoms with Crippen molar-refractivity contribution >= 4 is 22.9 Å². The number of nitriles is 1. The molecule has 6 nitrogen and oxygen atoms in total. The normalized spacial score (nSPS) is 10.7. The van der Waals surface area contributed by atoms with Gasteiger partial charge in [0.1, 0.15) is 6.07 Å². The third-order valence-electron chi connectivity index (χ3n) is 4.45. The summed E-state index contributed by atoms with van der Waals surface area (Å²) >= 11 is 0. The number of benzene rings is 1. The van der Waals surface area contributed by atoms with Crippen LogP contribution in [0.4, 0.5) is 11.4 Å². The van der Waals surface area contributed by atoms with Crippen LogP contribution in [-0.4, -0.2) is 20.7 Å². The van der Waals surface area contributed by atoms with Crippen molar-refractivity contribution in [3.63, 3.8) is 0 Å². The van der Waals surface area contributed by atoms with Gasteiger partial charge in [0, 0.05) is 11.9 Å². The highest BCUT2D eigenvalue weighted by Gasteiger charge is 2.19. The number of hydrogen-bond donors (Lipinski definition) is 2. The molecule has 132 valence electrons. The number of hydrogen-bond acceptors (Lipinski definition) is 4. The molecule has 0 amide bonds. The molecular formula is C20H20N4O2. The van der Waals surface area contributed by atoms with E-state index in [1.807, 2.05) is 12.1 Å². The fraction of sp³-hybridized carbons (Fsp3) is 0.250. The molecular weight excluding hydrogens is 328 g/mol. The van der Waals surface area contributed by atoms with E-state index in [4.69, 9.17) is 0 Å². The smallest absolute Gasteiger partial charge is 0.337 e. The molecule has 0 aliphatic rings. The zero-order chi connectivity index (χ0) is 18.7. The Morgan fingerprint density at radius 2 is 2.08 bits per heavy atom. The summed E-state index contributed by atoms with van der Waals surface area (Å²) in [5.41, 5.74) is 4.38. The Balaban J connectivity index is 2.03. The molecule has 2 aromatic heterocycles. The molecule has 0 fully saturated rings. The number of anilines is 2. The Morgan fingerprint density at radius 1 is 1.35 bits per heavy atom.